The lowest BCUT2D eigenvalue weighted by atomic mass is 10.0. The molecule has 3 heterocycles. The fourth-order valence-corrected chi connectivity index (χ4v) is 5.01. The summed E-state index contributed by atoms with van der Waals surface area (Å²) in [4.78, 5) is 27.9. The Labute approximate surface area is 183 Å². The van der Waals surface area contributed by atoms with E-state index in [0.29, 0.717) is 5.69 Å². The van der Waals surface area contributed by atoms with Gasteiger partial charge >= 0.3 is 0 Å². The standard InChI is InChI=1S/C19H21N5O5S2/c1-19(2,3)29-9-13-16(25)15(18(26)24(13)8-11-10-30-23-21-11)17-20-12-6-4-5-7-14(12)31(27,28)22-17/h4-7,10,13,15H,8-9H2,1-3H3,(H,20,22)/t13-,15?/m0/s1. The van der Waals surface area contributed by atoms with Crippen LogP contribution in [0.1, 0.15) is 26.5 Å². The molecule has 1 N–H and O–H groups in total. The van der Waals surface area contributed by atoms with E-state index in [1.807, 2.05) is 20.8 Å². The molecule has 0 saturated carbocycles. The number of amides is 1. The van der Waals surface area contributed by atoms with Crippen molar-refractivity contribution >= 4 is 44.8 Å². The van der Waals surface area contributed by atoms with E-state index in [4.69, 9.17) is 4.74 Å². The molecule has 2 aromatic rings. The molecule has 1 saturated heterocycles. The first kappa shape index (κ1) is 21.5. The van der Waals surface area contributed by atoms with Gasteiger partial charge in [-0.3, -0.25) is 9.59 Å². The van der Waals surface area contributed by atoms with E-state index in [0.717, 1.165) is 11.5 Å². The minimum Gasteiger partial charge on any atom is -0.373 e. The highest BCUT2D eigenvalue weighted by molar-refractivity contribution is 7.90. The largest absolute Gasteiger partial charge is 0.373 e. The van der Waals surface area contributed by atoms with Gasteiger partial charge in [-0.15, -0.1) is 9.50 Å². The molecular formula is C19H21N5O5S2. The molecule has 12 heteroatoms. The van der Waals surface area contributed by atoms with Crippen molar-refractivity contribution in [2.75, 3.05) is 11.9 Å². The Morgan fingerprint density at radius 1 is 1.23 bits per heavy atom. The highest BCUT2D eigenvalue weighted by Gasteiger charge is 2.51. The third-order valence-electron chi connectivity index (χ3n) is 4.85. The van der Waals surface area contributed by atoms with E-state index in [-0.39, 0.29) is 29.6 Å². The highest BCUT2D eigenvalue weighted by Crippen LogP contribution is 2.32. The molecule has 1 amide bonds. The summed E-state index contributed by atoms with van der Waals surface area (Å²) in [6, 6.07) is 5.31. The minimum atomic E-state index is -4.05. The molecule has 4 rings (SSSR count). The van der Waals surface area contributed by atoms with Gasteiger partial charge in [-0.2, -0.15) is 8.42 Å². The third kappa shape index (κ3) is 4.23. The number of Topliss-reactive ketones (excluding diaryl/α,β-unsaturated/α-hetero) is 1. The lowest BCUT2D eigenvalue weighted by molar-refractivity contribution is -0.133. The molecule has 31 heavy (non-hydrogen) atoms. The van der Waals surface area contributed by atoms with Crippen LogP contribution in [0.3, 0.4) is 0 Å². The molecule has 0 bridgehead atoms. The molecule has 1 aromatic heterocycles. The number of carbonyl (C=O) groups excluding carboxylic acids is 2. The van der Waals surface area contributed by atoms with Gasteiger partial charge in [0.2, 0.25) is 5.91 Å². The van der Waals surface area contributed by atoms with Crippen LogP contribution >= 0.6 is 11.5 Å². The number of hydrogen-bond donors (Lipinski definition) is 1. The van der Waals surface area contributed by atoms with E-state index in [1.54, 1.807) is 23.6 Å². The molecule has 0 radical (unpaired) electrons. The Hall–Kier alpha value is -2.70. The fraction of sp³-hybridized carbons (Fsp3) is 0.421. The first-order valence-corrected chi connectivity index (χ1v) is 11.8. The normalized spacial score (nSPS) is 22.8. The number of fused-ring (bicyclic) bond motifs is 1. The number of rotatable bonds is 5. The van der Waals surface area contributed by atoms with Crippen LogP contribution < -0.4 is 5.32 Å². The van der Waals surface area contributed by atoms with Gasteiger partial charge < -0.3 is 15.0 Å². The van der Waals surface area contributed by atoms with E-state index in [9.17, 15) is 18.0 Å². The van der Waals surface area contributed by atoms with E-state index in [1.165, 1.54) is 11.0 Å². The molecule has 10 nitrogen and oxygen atoms in total. The zero-order valence-corrected chi connectivity index (χ0v) is 18.7. The number of amidine groups is 1. The number of aromatic nitrogens is 2. The summed E-state index contributed by atoms with van der Waals surface area (Å²) in [6.45, 7) is 5.56. The van der Waals surface area contributed by atoms with Gasteiger partial charge in [0.15, 0.2) is 11.7 Å². The van der Waals surface area contributed by atoms with Gasteiger partial charge in [0.05, 0.1) is 30.1 Å². The van der Waals surface area contributed by atoms with Crippen molar-refractivity contribution in [2.45, 2.75) is 43.9 Å². The number of benzene rings is 1. The van der Waals surface area contributed by atoms with Gasteiger partial charge in [0.25, 0.3) is 10.0 Å². The second-order valence-corrected chi connectivity index (χ2v) is 10.4. The van der Waals surface area contributed by atoms with Crippen molar-refractivity contribution in [3.63, 3.8) is 0 Å². The number of carbonyl (C=O) groups is 2. The van der Waals surface area contributed by atoms with Gasteiger partial charge in [0.1, 0.15) is 16.8 Å². The topological polar surface area (TPSA) is 131 Å². The average molecular weight is 464 g/mol. The molecule has 2 aliphatic rings. The maximum absolute atomic E-state index is 13.3. The van der Waals surface area contributed by atoms with Crippen molar-refractivity contribution < 1.29 is 22.7 Å². The summed E-state index contributed by atoms with van der Waals surface area (Å²) in [5.74, 6) is -2.60. The van der Waals surface area contributed by atoms with E-state index >= 15 is 0 Å². The number of nitrogens with zero attached hydrogens (tertiary/aromatic N) is 4. The SMILES string of the molecule is CC(C)(C)OC[C@H]1C(=O)C(C2=NS(=O)(=O)c3ccccc3N2)C(=O)N1Cc1csnn1. The first-order valence-electron chi connectivity index (χ1n) is 9.52. The average Bonchev–Trinajstić information content (AvgIpc) is 3.26. The van der Waals surface area contributed by atoms with Crippen LogP contribution in [-0.2, 0) is 30.9 Å². The van der Waals surface area contributed by atoms with Gasteiger partial charge in [0, 0.05) is 5.38 Å². The van der Waals surface area contributed by atoms with Crippen molar-refractivity contribution in [1.29, 1.82) is 0 Å². The lowest BCUT2D eigenvalue weighted by Gasteiger charge is -2.26. The zero-order valence-electron chi connectivity index (χ0n) is 17.1. The first-order chi connectivity index (χ1) is 14.6. The highest BCUT2D eigenvalue weighted by atomic mass is 32.2. The summed E-state index contributed by atoms with van der Waals surface area (Å²) in [5, 5.41) is 8.50. The van der Waals surface area contributed by atoms with Crippen LogP contribution in [0.4, 0.5) is 5.69 Å². The maximum atomic E-state index is 13.3. The number of hydrogen-bond acceptors (Lipinski definition) is 9. The molecule has 2 atom stereocenters. The summed E-state index contributed by atoms with van der Waals surface area (Å²) in [7, 11) is -4.05. The maximum Gasteiger partial charge on any atom is 0.286 e. The Morgan fingerprint density at radius 3 is 2.65 bits per heavy atom. The summed E-state index contributed by atoms with van der Waals surface area (Å²) >= 11 is 1.13. The molecule has 164 valence electrons. The second kappa shape index (κ2) is 7.77. The van der Waals surface area contributed by atoms with Gasteiger partial charge in [-0.05, 0) is 44.4 Å². The molecule has 0 aliphatic carbocycles. The lowest BCUT2D eigenvalue weighted by Crippen LogP contribution is -2.40. The summed E-state index contributed by atoms with van der Waals surface area (Å²) < 4.78 is 38.6. The predicted molar refractivity (Wildman–Crippen MR) is 113 cm³/mol. The minimum absolute atomic E-state index is 0.00494. The molecule has 1 unspecified atom stereocenters. The summed E-state index contributed by atoms with van der Waals surface area (Å²) in [5.41, 5.74) is 0.278. The second-order valence-electron chi connectivity index (χ2n) is 8.21. The Bertz CT molecular complexity index is 1150. The molecule has 1 fully saturated rings. The van der Waals surface area contributed by atoms with Crippen LogP contribution in [0.5, 0.6) is 0 Å². The summed E-state index contributed by atoms with van der Waals surface area (Å²) in [6.07, 6.45) is 0. The quantitative estimate of drug-likeness (QED) is 0.660. The number of likely N-dealkylation sites (tertiary alicyclic amines) is 1. The Balaban J connectivity index is 1.69. The predicted octanol–water partition coefficient (Wildman–Crippen LogP) is 1.46. The van der Waals surface area contributed by atoms with Crippen molar-refractivity contribution in [3.8, 4) is 0 Å². The zero-order chi connectivity index (χ0) is 22.4. The van der Waals surface area contributed by atoms with Gasteiger partial charge in [-0.1, -0.05) is 16.6 Å². The van der Waals surface area contributed by atoms with E-state index in [2.05, 4.69) is 19.3 Å². The molecular weight excluding hydrogens is 442 g/mol. The molecule has 1 aromatic carbocycles. The fourth-order valence-electron chi connectivity index (χ4n) is 3.41. The third-order valence-corrected chi connectivity index (χ3v) is 6.75. The Kier molecular flexibility index (Phi) is 5.40. The number of anilines is 1. The number of nitrogens with one attached hydrogen (secondary N) is 1. The number of para-hydroxylation sites is 1. The van der Waals surface area contributed by atoms with Crippen molar-refractivity contribution in [3.05, 3.63) is 35.3 Å². The van der Waals surface area contributed by atoms with Crippen molar-refractivity contribution in [1.82, 2.24) is 14.5 Å². The molecule has 2 aliphatic heterocycles. The van der Waals surface area contributed by atoms with Crippen molar-refractivity contribution in [2.24, 2.45) is 10.3 Å². The van der Waals surface area contributed by atoms with E-state index < -0.39 is 39.3 Å². The van der Waals surface area contributed by atoms with Crippen LogP contribution in [0.2, 0.25) is 0 Å². The number of ether oxygens (including phenoxy) is 1. The van der Waals surface area contributed by atoms with Crippen LogP contribution in [0.15, 0.2) is 38.9 Å². The smallest absolute Gasteiger partial charge is 0.286 e. The van der Waals surface area contributed by atoms with Gasteiger partial charge in [-0.25, -0.2) is 0 Å². The Morgan fingerprint density at radius 2 is 1.97 bits per heavy atom. The number of ketones is 1. The van der Waals surface area contributed by atoms with Crippen LogP contribution in [0.25, 0.3) is 0 Å². The number of sulfonamides is 1. The van der Waals surface area contributed by atoms with Crippen LogP contribution in [-0.4, -0.2) is 58.7 Å². The monoisotopic (exact) mass is 463 g/mol. The molecule has 0 spiro atoms. The van der Waals surface area contributed by atoms with Crippen LogP contribution in [0, 0.1) is 5.92 Å².